The topological polar surface area (TPSA) is 38.8 Å². The third kappa shape index (κ3) is 4.16. The summed E-state index contributed by atoms with van der Waals surface area (Å²) in [4.78, 5) is 1.75. The maximum Gasteiger partial charge on any atom is 0.351 e. The van der Waals surface area contributed by atoms with Gasteiger partial charge in [-0.1, -0.05) is 41.9 Å². The van der Waals surface area contributed by atoms with Gasteiger partial charge < -0.3 is 9.05 Å². The van der Waals surface area contributed by atoms with Gasteiger partial charge in [-0.25, -0.2) is 0 Å². The molecular formula is C13H19ClNO3P. The number of rotatable bonds is 6. The molecule has 6 heteroatoms. The number of hydrogen-bond acceptors (Lipinski definition) is 4. The van der Waals surface area contributed by atoms with Crippen LogP contribution in [-0.2, 0) is 13.6 Å². The molecule has 0 amide bonds. The summed E-state index contributed by atoms with van der Waals surface area (Å²) in [5, 5.41) is 0.508. The molecule has 0 aliphatic heterocycles. The molecule has 0 N–H and O–H groups in total. The van der Waals surface area contributed by atoms with Gasteiger partial charge in [0.25, 0.3) is 0 Å². The SMILES string of the molecule is COP(=O)(OC)[C@@H](/C=C(/Cl)c1ccccc1)N(C)C. The number of nitrogens with zero attached hydrogens (tertiary/aromatic N) is 1. The first kappa shape index (κ1) is 16.4. The molecule has 0 fully saturated rings. The summed E-state index contributed by atoms with van der Waals surface area (Å²) in [5.41, 5.74) is 0.856. The zero-order chi connectivity index (χ0) is 14.5. The van der Waals surface area contributed by atoms with Gasteiger partial charge in [-0.05, 0) is 25.7 Å². The lowest BCUT2D eigenvalue weighted by molar-refractivity contribution is 0.242. The van der Waals surface area contributed by atoms with Crippen molar-refractivity contribution in [3.63, 3.8) is 0 Å². The van der Waals surface area contributed by atoms with E-state index >= 15 is 0 Å². The summed E-state index contributed by atoms with van der Waals surface area (Å²) in [6, 6.07) is 9.46. The van der Waals surface area contributed by atoms with Crippen LogP contribution in [-0.4, -0.2) is 39.0 Å². The molecule has 0 spiro atoms. The zero-order valence-electron chi connectivity index (χ0n) is 11.5. The highest BCUT2D eigenvalue weighted by Crippen LogP contribution is 2.53. The van der Waals surface area contributed by atoms with Crippen LogP contribution in [0.25, 0.3) is 5.03 Å². The minimum absolute atomic E-state index is 0.508. The van der Waals surface area contributed by atoms with E-state index in [1.807, 2.05) is 30.3 Å². The van der Waals surface area contributed by atoms with E-state index in [9.17, 15) is 4.57 Å². The monoisotopic (exact) mass is 303 g/mol. The van der Waals surface area contributed by atoms with Crippen molar-refractivity contribution in [2.75, 3.05) is 28.3 Å². The Morgan fingerprint density at radius 2 is 1.79 bits per heavy atom. The first-order valence-electron chi connectivity index (χ1n) is 5.75. The molecule has 0 radical (unpaired) electrons. The Labute approximate surface area is 119 Å². The van der Waals surface area contributed by atoms with Crippen LogP contribution < -0.4 is 0 Å². The van der Waals surface area contributed by atoms with Gasteiger partial charge in [-0.3, -0.25) is 9.46 Å². The molecule has 0 heterocycles. The maximum absolute atomic E-state index is 12.5. The molecule has 0 unspecified atom stereocenters. The molecule has 1 atom stereocenters. The molecule has 0 saturated heterocycles. The highest BCUT2D eigenvalue weighted by Gasteiger charge is 2.34. The Kier molecular flexibility index (Phi) is 6.24. The Morgan fingerprint density at radius 3 is 2.21 bits per heavy atom. The second kappa shape index (κ2) is 7.22. The summed E-state index contributed by atoms with van der Waals surface area (Å²) in [5.74, 6) is -0.546. The van der Waals surface area contributed by atoms with Gasteiger partial charge in [0, 0.05) is 19.3 Å². The lowest BCUT2D eigenvalue weighted by atomic mass is 10.2. The number of likely N-dealkylation sites (N-methyl/N-ethyl adjacent to an activating group) is 1. The lowest BCUT2D eigenvalue weighted by Crippen LogP contribution is -2.27. The van der Waals surface area contributed by atoms with E-state index in [-0.39, 0.29) is 0 Å². The van der Waals surface area contributed by atoms with Gasteiger partial charge in [0.05, 0.1) is 0 Å². The lowest BCUT2D eigenvalue weighted by Gasteiger charge is -2.27. The third-order valence-corrected chi connectivity index (χ3v) is 5.33. The zero-order valence-corrected chi connectivity index (χ0v) is 13.2. The number of benzene rings is 1. The second-order valence-electron chi connectivity index (χ2n) is 4.16. The van der Waals surface area contributed by atoms with Crippen molar-refractivity contribution >= 4 is 24.2 Å². The molecular weight excluding hydrogens is 285 g/mol. The summed E-state index contributed by atoms with van der Waals surface area (Å²) in [6.45, 7) is 0. The fourth-order valence-electron chi connectivity index (χ4n) is 1.64. The molecule has 4 nitrogen and oxygen atoms in total. The fourth-order valence-corrected chi connectivity index (χ4v) is 3.45. The molecule has 1 rings (SSSR count). The Balaban J connectivity index is 3.12. The summed E-state index contributed by atoms with van der Waals surface area (Å²) >= 11 is 6.27. The van der Waals surface area contributed by atoms with Crippen LogP contribution in [0.4, 0.5) is 0 Å². The van der Waals surface area contributed by atoms with Crippen molar-refractivity contribution in [2.24, 2.45) is 0 Å². The molecule has 0 saturated carbocycles. The van der Waals surface area contributed by atoms with Gasteiger partial charge in [0.1, 0.15) is 5.78 Å². The van der Waals surface area contributed by atoms with Crippen molar-refractivity contribution in [3.8, 4) is 0 Å². The van der Waals surface area contributed by atoms with Crippen molar-refractivity contribution in [1.29, 1.82) is 0 Å². The molecule has 19 heavy (non-hydrogen) atoms. The van der Waals surface area contributed by atoms with Gasteiger partial charge >= 0.3 is 7.60 Å². The van der Waals surface area contributed by atoms with Crippen LogP contribution >= 0.6 is 19.2 Å². The van der Waals surface area contributed by atoms with Crippen molar-refractivity contribution < 1.29 is 13.6 Å². The molecule has 0 aromatic heterocycles. The van der Waals surface area contributed by atoms with Crippen molar-refractivity contribution in [1.82, 2.24) is 4.90 Å². The van der Waals surface area contributed by atoms with E-state index in [1.54, 1.807) is 25.1 Å². The van der Waals surface area contributed by atoms with Crippen molar-refractivity contribution in [3.05, 3.63) is 42.0 Å². The fraction of sp³-hybridized carbons (Fsp3) is 0.385. The summed E-state index contributed by atoms with van der Waals surface area (Å²) in [7, 11) is 3.06. The van der Waals surface area contributed by atoms with E-state index in [1.165, 1.54) is 14.2 Å². The van der Waals surface area contributed by atoms with Crippen LogP contribution in [0, 0.1) is 0 Å². The Bertz CT molecular complexity index is 468. The van der Waals surface area contributed by atoms with Gasteiger partial charge in [-0.2, -0.15) is 0 Å². The second-order valence-corrected chi connectivity index (χ2v) is 6.91. The summed E-state index contributed by atoms with van der Waals surface area (Å²) in [6.07, 6.45) is 1.69. The third-order valence-electron chi connectivity index (χ3n) is 2.71. The average Bonchev–Trinajstić information content (AvgIpc) is 2.44. The standard InChI is InChI=1S/C13H19ClNO3P/c1-15(2)13(19(16,17-3)18-4)10-12(14)11-8-6-5-7-9-11/h5-10,13H,1-4H3/b12-10+/t13-/m0/s1. The first-order chi connectivity index (χ1) is 8.94. The predicted molar refractivity (Wildman–Crippen MR) is 79.4 cm³/mol. The summed E-state index contributed by atoms with van der Waals surface area (Å²) < 4.78 is 22.5. The molecule has 0 bridgehead atoms. The van der Waals surface area contributed by atoms with E-state index in [4.69, 9.17) is 20.6 Å². The molecule has 1 aromatic carbocycles. The van der Waals surface area contributed by atoms with E-state index in [2.05, 4.69) is 0 Å². The van der Waals surface area contributed by atoms with Crippen molar-refractivity contribution in [2.45, 2.75) is 5.78 Å². The van der Waals surface area contributed by atoms with Crippen LogP contribution in [0.15, 0.2) is 36.4 Å². The smallest absolute Gasteiger partial charge is 0.311 e. The van der Waals surface area contributed by atoms with E-state index in [0.717, 1.165) is 5.56 Å². The largest absolute Gasteiger partial charge is 0.351 e. The first-order valence-corrected chi connectivity index (χ1v) is 7.74. The number of halogens is 1. The minimum atomic E-state index is -3.26. The highest BCUT2D eigenvalue weighted by atomic mass is 35.5. The van der Waals surface area contributed by atoms with Gasteiger partial charge in [0.2, 0.25) is 0 Å². The Morgan fingerprint density at radius 1 is 1.26 bits per heavy atom. The van der Waals surface area contributed by atoms with E-state index < -0.39 is 13.4 Å². The number of hydrogen-bond donors (Lipinski definition) is 0. The minimum Gasteiger partial charge on any atom is -0.311 e. The van der Waals surface area contributed by atoms with Crippen LogP contribution in [0.1, 0.15) is 5.56 Å². The molecule has 1 aromatic rings. The van der Waals surface area contributed by atoms with Crippen LogP contribution in [0.3, 0.4) is 0 Å². The predicted octanol–water partition coefficient (Wildman–Crippen LogP) is 3.64. The van der Waals surface area contributed by atoms with Crippen LogP contribution in [0.2, 0.25) is 0 Å². The normalized spacial score (nSPS) is 14.7. The van der Waals surface area contributed by atoms with E-state index in [0.29, 0.717) is 5.03 Å². The van der Waals surface area contributed by atoms with Gasteiger partial charge in [-0.15, -0.1) is 0 Å². The van der Waals surface area contributed by atoms with Crippen LogP contribution in [0.5, 0.6) is 0 Å². The quantitative estimate of drug-likeness (QED) is 0.752. The Hall–Kier alpha value is -0.640. The average molecular weight is 304 g/mol. The molecule has 106 valence electrons. The highest BCUT2D eigenvalue weighted by molar-refractivity contribution is 7.54. The molecule has 0 aliphatic rings. The maximum atomic E-state index is 12.5. The van der Waals surface area contributed by atoms with Gasteiger partial charge in [0.15, 0.2) is 0 Å². The molecule has 0 aliphatic carbocycles.